The fraction of sp³-hybridized carbons (Fsp3) is 0.556. The van der Waals surface area contributed by atoms with Crippen LogP contribution < -0.4 is 0 Å². The number of hydrogen-bond donors (Lipinski definition) is 0. The number of alkyl halides is 1. The minimum absolute atomic E-state index is 0.0405. The average Bonchev–Trinajstić information content (AvgIpc) is 2.58. The summed E-state index contributed by atoms with van der Waals surface area (Å²) in [5.41, 5.74) is 0. The highest BCUT2D eigenvalue weighted by Crippen LogP contribution is 2.35. The van der Waals surface area contributed by atoms with E-state index in [2.05, 4.69) is 15.9 Å². The standard InChI is InChI=1S/C9H12BrCl2NO3S2/c1-13(4-6(10)5-16-2)18(14,15)7-3-8(11)17-9(7)12/h3,6H,4-5H2,1-2H3. The molecule has 1 atom stereocenters. The maximum absolute atomic E-state index is 12.2. The number of nitrogens with zero attached hydrogens (tertiary/aromatic N) is 1. The third-order valence-corrected chi connectivity index (χ3v) is 6.25. The molecular formula is C9H12BrCl2NO3S2. The molecule has 1 unspecified atom stereocenters. The van der Waals surface area contributed by atoms with E-state index in [4.69, 9.17) is 27.9 Å². The Morgan fingerprint density at radius 1 is 1.56 bits per heavy atom. The predicted octanol–water partition coefficient (Wildman–Crippen LogP) is 3.09. The Hall–Kier alpha value is 0.630. The Morgan fingerprint density at radius 3 is 2.61 bits per heavy atom. The summed E-state index contributed by atoms with van der Waals surface area (Å²) in [5.74, 6) is 0. The quantitative estimate of drug-likeness (QED) is 0.694. The topological polar surface area (TPSA) is 46.6 Å². The van der Waals surface area contributed by atoms with E-state index in [1.165, 1.54) is 17.4 Å². The van der Waals surface area contributed by atoms with Gasteiger partial charge in [0.25, 0.3) is 0 Å². The second-order valence-electron chi connectivity index (χ2n) is 3.53. The lowest BCUT2D eigenvalue weighted by molar-refractivity contribution is 0.195. The summed E-state index contributed by atoms with van der Waals surface area (Å²) in [6.07, 6.45) is 0. The van der Waals surface area contributed by atoms with E-state index in [9.17, 15) is 8.42 Å². The van der Waals surface area contributed by atoms with E-state index in [0.29, 0.717) is 10.9 Å². The monoisotopic (exact) mass is 395 g/mol. The van der Waals surface area contributed by atoms with Crippen LogP contribution in [0.2, 0.25) is 8.67 Å². The molecule has 1 heterocycles. The van der Waals surface area contributed by atoms with E-state index in [1.54, 1.807) is 7.11 Å². The zero-order valence-corrected chi connectivity index (χ0v) is 14.4. The van der Waals surface area contributed by atoms with Gasteiger partial charge in [-0.3, -0.25) is 0 Å². The molecule has 0 saturated carbocycles. The van der Waals surface area contributed by atoms with Crippen LogP contribution in [0.1, 0.15) is 0 Å². The van der Waals surface area contributed by atoms with Gasteiger partial charge in [-0.15, -0.1) is 11.3 Å². The molecule has 0 aliphatic heterocycles. The minimum atomic E-state index is -3.62. The molecule has 1 aromatic rings. The second kappa shape index (κ2) is 6.88. The van der Waals surface area contributed by atoms with Crippen LogP contribution in [-0.4, -0.2) is 44.9 Å². The molecule has 1 rings (SSSR count). The molecule has 0 amide bonds. The molecular weight excluding hydrogens is 385 g/mol. The van der Waals surface area contributed by atoms with Crippen molar-refractivity contribution in [3.8, 4) is 0 Å². The molecule has 4 nitrogen and oxygen atoms in total. The zero-order chi connectivity index (χ0) is 13.9. The van der Waals surface area contributed by atoms with Gasteiger partial charge < -0.3 is 4.74 Å². The molecule has 104 valence electrons. The second-order valence-corrected chi connectivity index (χ2v) is 9.12. The van der Waals surface area contributed by atoms with Crippen molar-refractivity contribution in [2.45, 2.75) is 9.72 Å². The van der Waals surface area contributed by atoms with Gasteiger partial charge in [0.15, 0.2) is 0 Å². The first-order chi connectivity index (χ1) is 8.28. The summed E-state index contributed by atoms with van der Waals surface area (Å²) in [5, 5.41) is 0. The maximum atomic E-state index is 12.2. The fourth-order valence-electron chi connectivity index (χ4n) is 1.28. The molecule has 0 aliphatic carbocycles. The summed E-state index contributed by atoms with van der Waals surface area (Å²) < 4.78 is 31.1. The summed E-state index contributed by atoms with van der Waals surface area (Å²) in [4.78, 5) is -0.0473. The van der Waals surface area contributed by atoms with Crippen LogP contribution in [0.15, 0.2) is 11.0 Å². The third kappa shape index (κ3) is 4.06. The molecule has 0 radical (unpaired) electrons. The highest BCUT2D eigenvalue weighted by atomic mass is 79.9. The molecule has 0 spiro atoms. The van der Waals surface area contributed by atoms with E-state index in [1.807, 2.05) is 0 Å². The molecule has 9 heteroatoms. The van der Waals surface area contributed by atoms with E-state index in [-0.39, 0.29) is 20.6 Å². The fourth-order valence-corrected chi connectivity index (χ4v) is 5.49. The molecule has 0 bridgehead atoms. The van der Waals surface area contributed by atoms with E-state index >= 15 is 0 Å². The normalized spacial score (nSPS) is 14.1. The van der Waals surface area contributed by atoms with Gasteiger partial charge in [0.05, 0.1) is 15.8 Å². The summed E-state index contributed by atoms with van der Waals surface area (Å²) in [6, 6.07) is 1.36. The van der Waals surface area contributed by atoms with Crippen LogP contribution >= 0.6 is 50.5 Å². The van der Waals surface area contributed by atoms with Crippen molar-refractivity contribution < 1.29 is 13.2 Å². The highest BCUT2D eigenvalue weighted by molar-refractivity contribution is 9.09. The molecule has 0 fully saturated rings. The lowest BCUT2D eigenvalue weighted by Gasteiger charge is -2.19. The third-order valence-electron chi connectivity index (χ3n) is 2.12. The van der Waals surface area contributed by atoms with Crippen molar-refractivity contribution in [2.24, 2.45) is 0 Å². The van der Waals surface area contributed by atoms with E-state index in [0.717, 1.165) is 11.3 Å². The lowest BCUT2D eigenvalue weighted by Crippen LogP contribution is -2.33. The zero-order valence-electron chi connectivity index (χ0n) is 9.69. The number of thiophene rings is 1. The van der Waals surface area contributed by atoms with Gasteiger partial charge in [-0.25, -0.2) is 8.42 Å². The number of rotatable bonds is 6. The number of hydrogen-bond acceptors (Lipinski definition) is 4. The van der Waals surface area contributed by atoms with Crippen molar-refractivity contribution in [3.05, 3.63) is 14.7 Å². The molecule has 18 heavy (non-hydrogen) atoms. The van der Waals surface area contributed by atoms with Crippen LogP contribution in [0.4, 0.5) is 0 Å². The average molecular weight is 397 g/mol. The first-order valence-electron chi connectivity index (χ1n) is 4.83. The van der Waals surface area contributed by atoms with Crippen molar-refractivity contribution in [3.63, 3.8) is 0 Å². The Bertz CT molecular complexity index is 506. The number of ether oxygens (including phenoxy) is 1. The molecule has 0 N–H and O–H groups in total. The van der Waals surface area contributed by atoms with Gasteiger partial charge in [0, 0.05) is 20.7 Å². The van der Waals surface area contributed by atoms with Crippen LogP contribution in [0.25, 0.3) is 0 Å². The van der Waals surface area contributed by atoms with Gasteiger partial charge in [-0.1, -0.05) is 39.1 Å². The largest absolute Gasteiger partial charge is 0.383 e. The van der Waals surface area contributed by atoms with Gasteiger partial charge in [-0.2, -0.15) is 4.31 Å². The Morgan fingerprint density at radius 2 is 2.17 bits per heavy atom. The minimum Gasteiger partial charge on any atom is -0.383 e. The summed E-state index contributed by atoms with van der Waals surface area (Å²) >= 11 is 16.0. The summed E-state index contributed by atoms with van der Waals surface area (Å²) in [7, 11) is -0.579. The van der Waals surface area contributed by atoms with Crippen LogP contribution in [-0.2, 0) is 14.8 Å². The number of halogens is 3. The predicted molar refractivity (Wildman–Crippen MR) is 78.7 cm³/mol. The van der Waals surface area contributed by atoms with Crippen LogP contribution in [0.5, 0.6) is 0 Å². The first-order valence-corrected chi connectivity index (χ1v) is 8.76. The smallest absolute Gasteiger partial charge is 0.245 e. The van der Waals surface area contributed by atoms with Gasteiger partial charge in [0.2, 0.25) is 10.0 Å². The molecule has 0 aliphatic rings. The SMILES string of the molecule is COCC(Br)CN(C)S(=O)(=O)c1cc(Cl)sc1Cl. The maximum Gasteiger partial charge on any atom is 0.245 e. The lowest BCUT2D eigenvalue weighted by atomic mass is 10.4. The molecule has 1 aromatic heterocycles. The van der Waals surface area contributed by atoms with Gasteiger partial charge in [0.1, 0.15) is 9.23 Å². The first kappa shape index (κ1) is 16.7. The van der Waals surface area contributed by atoms with Crippen molar-refractivity contribution in [2.75, 3.05) is 27.3 Å². The van der Waals surface area contributed by atoms with Crippen molar-refractivity contribution >= 4 is 60.5 Å². The van der Waals surface area contributed by atoms with Gasteiger partial charge >= 0.3 is 0 Å². The van der Waals surface area contributed by atoms with Crippen LogP contribution in [0, 0.1) is 0 Å². The summed E-state index contributed by atoms with van der Waals surface area (Å²) in [6.45, 7) is 0.692. The highest BCUT2D eigenvalue weighted by Gasteiger charge is 2.27. The van der Waals surface area contributed by atoms with E-state index < -0.39 is 10.0 Å². The Labute approximate surface area is 129 Å². The number of sulfonamides is 1. The molecule has 0 aromatic carbocycles. The Kier molecular flexibility index (Phi) is 6.37. The Balaban J connectivity index is 2.90. The van der Waals surface area contributed by atoms with Crippen LogP contribution in [0.3, 0.4) is 0 Å². The van der Waals surface area contributed by atoms with Crippen molar-refractivity contribution in [1.29, 1.82) is 0 Å². The number of methoxy groups -OCH3 is 1. The molecule has 0 saturated heterocycles. The van der Waals surface area contributed by atoms with Crippen molar-refractivity contribution in [1.82, 2.24) is 4.31 Å². The van der Waals surface area contributed by atoms with Gasteiger partial charge in [-0.05, 0) is 6.07 Å².